The van der Waals surface area contributed by atoms with Crippen molar-refractivity contribution < 1.29 is 34.7 Å². The Balaban J connectivity index is 1.24. The zero-order valence-electron chi connectivity index (χ0n) is 17.6. The van der Waals surface area contributed by atoms with Crippen LogP contribution in [-0.4, -0.2) is 89.3 Å². The van der Waals surface area contributed by atoms with Gasteiger partial charge in [0.25, 0.3) is 0 Å². The van der Waals surface area contributed by atoms with Crippen molar-refractivity contribution in [2.75, 3.05) is 17.7 Å². The van der Waals surface area contributed by atoms with Gasteiger partial charge in [0.05, 0.1) is 19.0 Å². The maximum atomic E-state index is 11.2. The summed E-state index contributed by atoms with van der Waals surface area (Å²) in [4.78, 5) is 24.4. The topological polar surface area (TPSA) is 198 Å². The number of allylic oxidation sites excluding steroid dienone is 1. The number of carboxylic acid groups (broad SMARTS) is 1. The molecule has 13 heteroatoms. The molecule has 3 aliphatic rings. The zero-order valence-corrected chi connectivity index (χ0v) is 17.6. The fraction of sp³-hybridized carbons (Fsp3) is 0.600. The third-order valence-electron chi connectivity index (χ3n) is 6.15. The van der Waals surface area contributed by atoms with Crippen molar-refractivity contribution >= 4 is 28.9 Å². The van der Waals surface area contributed by atoms with Gasteiger partial charge in [-0.05, 0) is 19.3 Å². The predicted molar refractivity (Wildman–Crippen MR) is 113 cm³/mol. The number of carboxylic acids is 1. The molecule has 0 spiro atoms. The molecule has 1 saturated carbocycles. The molecule has 2 fully saturated rings. The number of imidazole rings is 1. The van der Waals surface area contributed by atoms with Crippen molar-refractivity contribution in [3.63, 3.8) is 0 Å². The number of rotatable bonds is 7. The molecular weight excluding hydrogens is 436 g/mol. The lowest BCUT2D eigenvalue weighted by atomic mass is 9.99. The number of aromatic nitrogens is 4. The predicted octanol–water partition coefficient (Wildman–Crippen LogP) is -0.991. The van der Waals surface area contributed by atoms with Gasteiger partial charge in [-0.15, -0.1) is 0 Å². The number of carbonyl (C=O) groups is 1. The van der Waals surface area contributed by atoms with Gasteiger partial charge in [0, 0.05) is 12.0 Å². The van der Waals surface area contributed by atoms with Gasteiger partial charge in [0.15, 0.2) is 29.4 Å². The number of hydrogen-bond acceptors (Lipinski definition) is 11. The number of hydrogen-bond donors (Lipinski definition) is 6. The quantitative estimate of drug-likeness (QED) is 0.275. The third kappa shape index (κ3) is 4.25. The maximum Gasteiger partial charge on any atom is 0.335 e. The monoisotopic (exact) mass is 462 g/mol. The Morgan fingerprint density at radius 1 is 1.21 bits per heavy atom. The Morgan fingerprint density at radius 2 is 2.00 bits per heavy atom. The molecule has 0 amide bonds. The summed E-state index contributed by atoms with van der Waals surface area (Å²) in [7, 11) is 0. The first-order valence-corrected chi connectivity index (χ1v) is 10.8. The molecule has 7 N–H and O–H groups in total. The first-order valence-electron chi connectivity index (χ1n) is 10.8. The molecule has 1 aliphatic heterocycles. The Labute approximate surface area is 187 Å². The lowest BCUT2D eigenvalue weighted by Crippen LogP contribution is -2.60. The highest BCUT2D eigenvalue weighted by Crippen LogP contribution is 2.34. The number of aliphatic hydroxyl groups is 3. The number of aliphatic carboxylic acids is 1. The van der Waals surface area contributed by atoms with Gasteiger partial charge in [0.2, 0.25) is 5.95 Å². The van der Waals surface area contributed by atoms with Crippen molar-refractivity contribution in [1.82, 2.24) is 19.5 Å². The van der Waals surface area contributed by atoms with Crippen LogP contribution in [0, 0.1) is 5.92 Å². The molecule has 33 heavy (non-hydrogen) atoms. The highest BCUT2D eigenvalue weighted by Gasteiger charge is 2.47. The highest BCUT2D eigenvalue weighted by atomic mass is 16.7. The maximum absolute atomic E-state index is 11.2. The fourth-order valence-electron chi connectivity index (χ4n) is 4.19. The number of nitrogens with zero attached hydrogens (tertiary/aromatic N) is 4. The van der Waals surface area contributed by atoms with Crippen LogP contribution in [0.4, 0.5) is 11.8 Å². The zero-order chi connectivity index (χ0) is 23.3. The minimum atomic E-state index is -1.75. The van der Waals surface area contributed by atoms with Gasteiger partial charge >= 0.3 is 5.97 Å². The standard InChI is InChI=1S/C20H26N6O7/c21-20-24-16(23-9-2-3-9)11-17(25-20)26(7-22-11)10-4-1-8(5-10)6-32-19-14(29)12(27)13(28)15(33-19)18(30)31/h1,4,7-10,12-15,19,27-29H,2-3,5-6H2,(H,30,31)(H3,21,23,24,25)/t8-,10+,12+,13+,14-,15+,19-/m1/s1. The molecule has 1 saturated heterocycles. The van der Waals surface area contributed by atoms with Crippen LogP contribution in [0.25, 0.3) is 11.2 Å². The number of fused-ring (bicyclic) bond motifs is 1. The summed E-state index contributed by atoms with van der Waals surface area (Å²) in [6.45, 7) is 0.113. The molecule has 2 aromatic heterocycles. The largest absolute Gasteiger partial charge is 0.479 e. The molecule has 178 valence electrons. The third-order valence-corrected chi connectivity index (χ3v) is 6.15. The normalized spacial score (nSPS) is 34.1. The minimum Gasteiger partial charge on any atom is -0.479 e. The number of anilines is 2. The number of nitrogens with one attached hydrogen (secondary N) is 1. The van der Waals surface area contributed by atoms with Crippen LogP contribution in [0.3, 0.4) is 0 Å². The van der Waals surface area contributed by atoms with E-state index in [2.05, 4.69) is 20.3 Å². The summed E-state index contributed by atoms with van der Waals surface area (Å²) in [6, 6.07) is 0.321. The van der Waals surface area contributed by atoms with E-state index in [9.17, 15) is 20.1 Å². The van der Waals surface area contributed by atoms with Crippen LogP contribution in [0.5, 0.6) is 0 Å². The SMILES string of the molecule is Nc1nc(NC2CC2)c2ncn([C@H]3C=C[C@@H](CO[C@@H]4O[C@H](C(=O)O)[C@@H](O)[C@H](O)[C@H]4O)C3)c2n1. The summed E-state index contributed by atoms with van der Waals surface area (Å²) in [5.74, 6) is -0.741. The second-order valence-corrected chi connectivity index (χ2v) is 8.69. The lowest BCUT2D eigenvalue weighted by molar-refractivity contribution is -0.295. The lowest BCUT2D eigenvalue weighted by Gasteiger charge is -2.38. The van der Waals surface area contributed by atoms with Crippen LogP contribution in [0.1, 0.15) is 25.3 Å². The van der Waals surface area contributed by atoms with Crippen LogP contribution in [0.2, 0.25) is 0 Å². The van der Waals surface area contributed by atoms with Gasteiger partial charge in [-0.1, -0.05) is 12.2 Å². The van der Waals surface area contributed by atoms with Crippen LogP contribution in [0.15, 0.2) is 18.5 Å². The summed E-state index contributed by atoms with van der Waals surface area (Å²) in [6.07, 6.45) is 0.327. The molecule has 0 aromatic carbocycles. The number of ether oxygens (including phenoxy) is 2. The van der Waals surface area contributed by atoms with E-state index < -0.39 is 36.7 Å². The van der Waals surface area contributed by atoms with Crippen LogP contribution >= 0.6 is 0 Å². The summed E-state index contributed by atoms with van der Waals surface area (Å²) < 4.78 is 12.7. The average molecular weight is 462 g/mol. The van der Waals surface area contributed by atoms with Crippen molar-refractivity contribution in [2.24, 2.45) is 5.92 Å². The van der Waals surface area contributed by atoms with E-state index >= 15 is 0 Å². The van der Waals surface area contributed by atoms with Gasteiger partial charge in [-0.3, -0.25) is 0 Å². The number of aliphatic hydroxyl groups excluding tert-OH is 3. The van der Waals surface area contributed by atoms with E-state index in [1.165, 1.54) is 0 Å². The van der Waals surface area contributed by atoms with Gasteiger partial charge in [-0.25, -0.2) is 9.78 Å². The molecule has 2 aliphatic carbocycles. The van der Waals surface area contributed by atoms with Crippen LogP contribution < -0.4 is 11.1 Å². The molecule has 0 radical (unpaired) electrons. The molecule has 3 heterocycles. The van der Waals surface area contributed by atoms with E-state index in [4.69, 9.17) is 20.3 Å². The van der Waals surface area contributed by atoms with E-state index in [1.807, 2.05) is 16.7 Å². The van der Waals surface area contributed by atoms with Crippen molar-refractivity contribution in [1.29, 1.82) is 0 Å². The summed E-state index contributed by atoms with van der Waals surface area (Å²) in [5.41, 5.74) is 7.18. The first kappa shape index (κ1) is 22.0. The molecule has 7 atom stereocenters. The van der Waals surface area contributed by atoms with E-state index in [0.29, 0.717) is 29.4 Å². The average Bonchev–Trinajstić information content (AvgIpc) is 3.29. The van der Waals surface area contributed by atoms with Crippen molar-refractivity contribution in [2.45, 2.75) is 62.1 Å². The fourth-order valence-corrected chi connectivity index (χ4v) is 4.19. The van der Waals surface area contributed by atoms with Gasteiger partial charge in [0.1, 0.15) is 18.3 Å². The second-order valence-electron chi connectivity index (χ2n) is 8.69. The Bertz CT molecular complexity index is 1070. The van der Waals surface area contributed by atoms with Gasteiger partial charge in [-0.2, -0.15) is 9.97 Å². The van der Waals surface area contributed by atoms with Crippen LogP contribution in [-0.2, 0) is 14.3 Å². The number of nitrogens with two attached hydrogens (primary N) is 1. The molecule has 13 nitrogen and oxygen atoms in total. The number of nitrogen functional groups attached to an aromatic ring is 1. The Kier molecular flexibility index (Phi) is 5.66. The molecule has 2 aromatic rings. The van der Waals surface area contributed by atoms with E-state index in [-0.39, 0.29) is 24.5 Å². The Morgan fingerprint density at radius 3 is 2.73 bits per heavy atom. The molecular formula is C20H26N6O7. The minimum absolute atomic E-state index is 0.0666. The molecule has 0 unspecified atom stereocenters. The Hall–Kier alpha value is -2.84. The molecule has 5 rings (SSSR count). The van der Waals surface area contributed by atoms with Gasteiger partial charge < -0.3 is 45.5 Å². The highest BCUT2D eigenvalue weighted by molar-refractivity contribution is 5.84. The van der Waals surface area contributed by atoms with Crippen molar-refractivity contribution in [3.05, 3.63) is 18.5 Å². The smallest absolute Gasteiger partial charge is 0.335 e. The summed E-state index contributed by atoms with van der Waals surface area (Å²) >= 11 is 0. The molecule has 0 bridgehead atoms. The summed E-state index contributed by atoms with van der Waals surface area (Å²) in [5, 5.41) is 42.3. The second kappa shape index (κ2) is 8.50. The van der Waals surface area contributed by atoms with E-state index in [0.717, 1.165) is 12.8 Å². The van der Waals surface area contributed by atoms with E-state index in [1.54, 1.807) is 6.33 Å². The van der Waals surface area contributed by atoms with Crippen molar-refractivity contribution in [3.8, 4) is 0 Å². The first-order chi connectivity index (χ1) is 15.8.